The SMILES string of the molecule is CCCNCC1CCC(CN2CC(C)OC(C)C2)O1. The van der Waals surface area contributed by atoms with Crippen LogP contribution in [0, 0.1) is 0 Å². The Kier molecular flexibility index (Phi) is 6.07. The Labute approximate surface area is 117 Å². The van der Waals surface area contributed by atoms with Crippen molar-refractivity contribution < 1.29 is 9.47 Å². The predicted molar refractivity (Wildman–Crippen MR) is 77.5 cm³/mol. The molecule has 2 rings (SSSR count). The van der Waals surface area contributed by atoms with Crippen LogP contribution in [0.4, 0.5) is 0 Å². The molecule has 0 saturated carbocycles. The molecular formula is C15H30N2O2. The Hall–Kier alpha value is -0.160. The molecule has 0 amide bonds. The van der Waals surface area contributed by atoms with Gasteiger partial charge < -0.3 is 14.8 Å². The van der Waals surface area contributed by atoms with Gasteiger partial charge in [-0.05, 0) is 39.7 Å². The number of nitrogens with one attached hydrogen (secondary N) is 1. The van der Waals surface area contributed by atoms with Crippen molar-refractivity contribution in [3.05, 3.63) is 0 Å². The van der Waals surface area contributed by atoms with E-state index in [1.165, 1.54) is 19.3 Å². The van der Waals surface area contributed by atoms with E-state index < -0.39 is 0 Å². The second kappa shape index (κ2) is 7.58. The van der Waals surface area contributed by atoms with Gasteiger partial charge >= 0.3 is 0 Å². The smallest absolute Gasteiger partial charge is 0.0707 e. The Morgan fingerprint density at radius 3 is 2.42 bits per heavy atom. The summed E-state index contributed by atoms with van der Waals surface area (Å²) in [4.78, 5) is 2.51. The van der Waals surface area contributed by atoms with E-state index in [1.54, 1.807) is 0 Å². The fourth-order valence-electron chi connectivity index (χ4n) is 3.23. The second-order valence-corrected chi connectivity index (χ2v) is 6.14. The van der Waals surface area contributed by atoms with Gasteiger partial charge in [-0.1, -0.05) is 6.92 Å². The van der Waals surface area contributed by atoms with E-state index >= 15 is 0 Å². The van der Waals surface area contributed by atoms with Crippen LogP contribution in [0.25, 0.3) is 0 Å². The maximum Gasteiger partial charge on any atom is 0.0707 e. The fraction of sp³-hybridized carbons (Fsp3) is 1.00. The third-order valence-corrected chi connectivity index (χ3v) is 3.95. The van der Waals surface area contributed by atoms with Crippen molar-refractivity contribution in [1.82, 2.24) is 10.2 Å². The van der Waals surface area contributed by atoms with Gasteiger partial charge in [-0.3, -0.25) is 4.90 Å². The van der Waals surface area contributed by atoms with Crippen LogP contribution in [0.1, 0.15) is 40.0 Å². The van der Waals surface area contributed by atoms with Crippen LogP contribution in [0.15, 0.2) is 0 Å². The van der Waals surface area contributed by atoms with E-state index in [4.69, 9.17) is 9.47 Å². The standard InChI is InChI=1S/C15H30N2O2/c1-4-7-16-8-14-5-6-15(19-14)11-17-9-12(2)18-13(3)10-17/h12-16H,4-11H2,1-3H3. The molecule has 112 valence electrons. The molecule has 2 heterocycles. The predicted octanol–water partition coefficient (Wildman–Crippen LogP) is 1.64. The molecule has 0 aromatic rings. The van der Waals surface area contributed by atoms with Crippen LogP contribution < -0.4 is 5.32 Å². The summed E-state index contributed by atoms with van der Waals surface area (Å²) in [5.41, 5.74) is 0. The third-order valence-electron chi connectivity index (χ3n) is 3.95. The summed E-state index contributed by atoms with van der Waals surface area (Å²) < 4.78 is 11.9. The van der Waals surface area contributed by atoms with Crippen molar-refractivity contribution in [3.8, 4) is 0 Å². The first-order valence-corrected chi connectivity index (χ1v) is 7.91. The summed E-state index contributed by atoms with van der Waals surface area (Å²) in [6.45, 7) is 11.8. The van der Waals surface area contributed by atoms with Gasteiger partial charge in [-0.25, -0.2) is 0 Å². The number of rotatable bonds is 6. The Balaban J connectivity index is 1.66. The van der Waals surface area contributed by atoms with Gasteiger partial charge in [0.05, 0.1) is 24.4 Å². The molecule has 0 bridgehead atoms. The summed E-state index contributed by atoms with van der Waals surface area (Å²) in [5, 5.41) is 3.46. The van der Waals surface area contributed by atoms with Gasteiger partial charge in [-0.2, -0.15) is 0 Å². The molecule has 19 heavy (non-hydrogen) atoms. The normalized spacial score (nSPS) is 36.8. The van der Waals surface area contributed by atoms with Gasteiger partial charge in [0.2, 0.25) is 0 Å². The van der Waals surface area contributed by atoms with Crippen LogP contribution in [-0.2, 0) is 9.47 Å². The first-order chi connectivity index (χ1) is 9.17. The summed E-state index contributed by atoms with van der Waals surface area (Å²) in [6, 6.07) is 0. The van der Waals surface area contributed by atoms with E-state index in [2.05, 4.69) is 31.0 Å². The highest BCUT2D eigenvalue weighted by molar-refractivity contribution is 4.81. The van der Waals surface area contributed by atoms with Gasteiger partial charge in [-0.15, -0.1) is 0 Å². The number of hydrogen-bond acceptors (Lipinski definition) is 4. The Morgan fingerprint density at radius 2 is 1.74 bits per heavy atom. The summed E-state index contributed by atoms with van der Waals surface area (Å²) in [5.74, 6) is 0. The number of nitrogens with zero attached hydrogens (tertiary/aromatic N) is 1. The van der Waals surface area contributed by atoms with Gasteiger partial charge in [0, 0.05) is 26.2 Å². The van der Waals surface area contributed by atoms with E-state index in [1.807, 2.05) is 0 Å². The van der Waals surface area contributed by atoms with Crippen molar-refractivity contribution in [2.24, 2.45) is 0 Å². The Bertz CT molecular complexity index is 253. The molecule has 2 saturated heterocycles. The highest BCUT2D eigenvalue weighted by Gasteiger charge is 2.29. The van der Waals surface area contributed by atoms with Gasteiger partial charge in [0.25, 0.3) is 0 Å². The molecule has 0 radical (unpaired) electrons. The molecule has 2 fully saturated rings. The quantitative estimate of drug-likeness (QED) is 0.744. The van der Waals surface area contributed by atoms with Crippen LogP contribution >= 0.6 is 0 Å². The topological polar surface area (TPSA) is 33.7 Å². The molecule has 0 aromatic heterocycles. The van der Waals surface area contributed by atoms with Crippen LogP contribution in [0.5, 0.6) is 0 Å². The minimum absolute atomic E-state index is 0.354. The van der Waals surface area contributed by atoms with Gasteiger partial charge in [0.1, 0.15) is 0 Å². The number of hydrogen-bond donors (Lipinski definition) is 1. The average molecular weight is 270 g/mol. The van der Waals surface area contributed by atoms with Crippen molar-refractivity contribution in [3.63, 3.8) is 0 Å². The van der Waals surface area contributed by atoms with Crippen molar-refractivity contribution in [1.29, 1.82) is 0 Å². The molecule has 0 aromatic carbocycles. The second-order valence-electron chi connectivity index (χ2n) is 6.14. The molecule has 4 unspecified atom stereocenters. The zero-order valence-corrected chi connectivity index (χ0v) is 12.7. The highest BCUT2D eigenvalue weighted by Crippen LogP contribution is 2.21. The fourth-order valence-corrected chi connectivity index (χ4v) is 3.23. The van der Waals surface area contributed by atoms with E-state index in [0.717, 1.165) is 32.7 Å². The summed E-state index contributed by atoms with van der Waals surface area (Å²) in [6.07, 6.45) is 5.16. The minimum Gasteiger partial charge on any atom is -0.373 e. The van der Waals surface area contributed by atoms with E-state index in [-0.39, 0.29) is 0 Å². The summed E-state index contributed by atoms with van der Waals surface area (Å²) >= 11 is 0. The maximum atomic E-state index is 6.14. The molecule has 4 atom stereocenters. The van der Waals surface area contributed by atoms with Crippen molar-refractivity contribution >= 4 is 0 Å². The molecule has 4 nitrogen and oxygen atoms in total. The molecule has 2 aliphatic rings. The lowest BCUT2D eigenvalue weighted by Crippen LogP contribution is -2.48. The molecule has 0 aliphatic carbocycles. The van der Waals surface area contributed by atoms with Crippen LogP contribution in [-0.4, -0.2) is 62.0 Å². The Morgan fingerprint density at radius 1 is 1.05 bits per heavy atom. The molecular weight excluding hydrogens is 240 g/mol. The molecule has 4 heteroatoms. The number of ether oxygens (including phenoxy) is 2. The average Bonchev–Trinajstić information content (AvgIpc) is 2.76. The first-order valence-electron chi connectivity index (χ1n) is 7.91. The lowest BCUT2D eigenvalue weighted by Gasteiger charge is -2.36. The summed E-state index contributed by atoms with van der Waals surface area (Å²) in [7, 11) is 0. The van der Waals surface area contributed by atoms with Crippen LogP contribution in [0.3, 0.4) is 0 Å². The lowest BCUT2D eigenvalue weighted by atomic mass is 10.1. The monoisotopic (exact) mass is 270 g/mol. The number of morpholine rings is 1. The van der Waals surface area contributed by atoms with Crippen LogP contribution in [0.2, 0.25) is 0 Å². The van der Waals surface area contributed by atoms with Crippen molar-refractivity contribution in [2.45, 2.75) is 64.4 Å². The van der Waals surface area contributed by atoms with Gasteiger partial charge in [0.15, 0.2) is 0 Å². The molecule has 1 N–H and O–H groups in total. The third kappa shape index (κ3) is 5.03. The maximum absolute atomic E-state index is 6.14. The first kappa shape index (κ1) is 15.2. The van der Waals surface area contributed by atoms with Crippen molar-refractivity contribution in [2.75, 3.05) is 32.7 Å². The largest absolute Gasteiger partial charge is 0.373 e. The van der Waals surface area contributed by atoms with E-state index in [0.29, 0.717) is 24.4 Å². The van der Waals surface area contributed by atoms with E-state index in [9.17, 15) is 0 Å². The highest BCUT2D eigenvalue weighted by atomic mass is 16.5. The zero-order chi connectivity index (χ0) is 13.7. The zero-order valence-electron chi connectivity index (χ0n) is 12.7. The molecule has 2 aliphatic heterocycles. The lowest BCUT2D eigenvalue weighted by molar-refractivity contribution is -0.0811. The minimum atomic E-state index is 0.354. The molecule has 0 spiro atoms.